The van der Waals surface area contributed by atoms with Crippen LogP contribution in [0.5, 0.6) is 0 Å². The molecule has 1 aliphatic carbocycles. The van der Waals surface area contributed by atoms with Crippen LogP contribution in [0.2, 0.25) is 0 Å². The van der Waals surface area contributed by atoms with Gasteiger partial charge in [-0.3, -0.25) is 9.59 Å². The fourth-order valence-electron chi connectivity index (χ4n) is 3.73. The van der Waals surface area contributed by atoms with Crippen molar-refractivity contribution in [1.82, 2.24) is 0 Å². The molecule has 1 saturated carbocycles. The second-order valence-electron chi connectivity index (χ2n) is 10.4. The summed E-state index contributed by atoms with van der Waals surface area (Å²) in [6.45, 7) is 15.1. The maximum absolute atomic E-state index is 13.2. The first-order valence-corrected chi connectivity index (χ1v) is 10.2. The highest BCUT2D eigenvalue weighted by Crippen LogP contribution is 2.47. The van der Waals surface area contributed by atoms with Crippen LogP contribution in [0.3, 0.4) is 0 Å². The highest BCUT2D eigenvalue weighted by atomic mass is 16.5. The predicted octanol–water partition coefficient (Wildman–Crippen LogP) is 5.53. The Labute approximate surface area is 160 Å². The van der Waals surface area contributed by atoms with Gasteiger partial charge in [0.15, 0.2) is 0 Å². The standard InChI is InChI=1S/C22H40O4/c1-8-13-22(17-11-9-10-12-17,19(24)26-16-21(5,6)7)14-18(23)25-15-20(2,3)4/h17H,8-16H2,1-7H3. The fourth-order valence-corrected chi connectivity index (χ4v) is 3.73. The first-order chi connectivity index (χ1) is 11.9. The van der Waals surface area contributed by atoms with Gasteiger partial charge in [-0.05, 0) is 36.0 Å². The SMILES string of the molecule is CCCC(CC(=O)OCC(C)(C)C)(C(=O)OCC(C)(C)C)C1CCCC1. The Hall–Kier alpha value is -1.06. The maximum Gasteiger partial charge on any atom is 0.312 e. The number of ether oxygens (including phenoxy) is 2. The molecule has 0 aromatic carbocycles. The van der Waals surface area contributed by atoms with E-state index in [2.05, 4.69) is 27.7 Å². The van der Waals surface area contributed by atoms with Gasteiger partial charge in [0.25, 0.3) is 0 Å². The van der Waals surface area contributed by atoms with Crippen molar-refractivity contribution in [2.24, 2.45) is 22.2 Å². The average molecular weight is 369 g/mol. The van der Waals surface area contributed by atoms with Crippen LogP contribution in [0.1, 0.15) is 93.4 Å². The zero-order chi connectivity index (χ0) is 20.0. The van der Waals surface area contributed by atoms with Gasteiger partial charge < -0.3 is 9.47 Å². The number of hydrogen-bond acceptors (Lipinski definition) is 4. The van der Waals surface area contributed by atoms with Gasteiger partial charge in [0.2, 0.25) is 0 Å². The van der Waals surface area contributed by atoms with E-state index in [1.807, 2.05) is 20.8 Å². The van der Waals surface area contributed by atoms with E-state index >= 15 is 0 Å². The third kappa shape index (κ3) is 7.28. The smallest absolute Gasteiger partial charge is 0.312 e. The topological polar surface area (TPSA) is 52.6 Å². The predicted molar refractivity (Wildman–Crippen MR) is 105 cm³/mol. The maximum atomic E-state index is 13.2. The molecule has 0 aromatic rings. The molecular weight excluding hydrogens is 328 g/mol. The van der Waals surface area contributed by atoms with Crippen molar-refractivity contribution in [3.8, 4) is 0 Å². The molecule has 1 fully saturated rings. The van der Waals surface area contributed by atoms with Gasteiger partial charge >= 0.3 is 11.9 Å². The van der Waals surface area contributed by atoms with Crippen molar-refractivity contribution in [1.29, 1.82) is 0 Å². The minimum atomic E-state index is -0.731. The van der Waals surface area contributed by atoms with Crippen LogP contribution in [0.15, 0.2) is 0 Å². The molecule has 0 radical (unpaired) electrons. The quantitative estimate of drug-likeness (QED) is 0.528. The lowest BCUT2D eigenvalue weighted by atomic mass is 9.69. The summed E-state index contributed by atoms with van der Waals surface area (Å²) in [5, 5.41) is 0. The Balaban J connectivity index is 2.98. The second-order valence-corrected chi connectivity index (χ2v) is 10.4. The molecule has 0 heterocycles. The lowest BCUT2D eigenvalue weighted by molar-refractivity contribution is -0.170. The number of carbonyl (C=O) groups is 2. The molecule has 26 heavy (non-hydrogen) atoms. The Kier molecular flexibility index (Phi) is 8.16. The van der Waals surface area contributed by atoms with E-state index in [4.69, 9.17) is 9.47 Å². The number of carbonyl (C=O) groups excluding carboxylic acids is 2. The first-order valence-electron chi connectivity index (χ1n) is 10.2. The molecule has 0 amide bonds. The van der Waals surface area contributed by atoms with E-state index in [1.54, 1.807) is 0 Å². The lowest BCUT2D eigenvalue weighted by Gasteiger charge is -2.37. The van der Waals surface area contributed by atoms with Gasteiger partial charge in [-0.1, -0.05) is 67.7 Å². The van der Waals surface area contributed by atoms with Gasteiger partial charge in [0.05, 0.1) is 25.0 Å². The molecule has 152 valence electrons. The van der Waals surface area contributed by atoms with Gasteiger partial charge in [0, 0.05) is 0 Å². The monoisotopic (exact) mass is 368 g/mol. The van der Waals surface area contributed by atoms with Crippen LogP contribution < -0.4 is 0 Å². The molecule has 1 rings (SSSR count). The van der Waals surface area contributed by atoms with Crippen LogP contribution in [0.4, 0.5) is 0 Å². The minimum absolute atomic E-state index is 0.0802. The summed E-state index contributed by atoms with van der Waals surface area (Å²) in [5.41, 5.74) is -0.898. The first kappa shape index (κ1) is 23.0. The Morgan fingerprint density at radius 1 is 0.885 bits per heavy atom. The Bertz CT molecular complexity index is 464. The molecule has 4 nitrogen and oxygen atoms in total. The van der Waals surface area contributed by atoms with Crippen molar-refractivity contribution in [3.63, 3.8) is 0 Å². The third-order valence-corrected chi connectivity index (χ3v) is 5.00. The van der Waals surface area contributed by atoms with Crippen molar-refractivity contribution >= 4 is 11.9 Å². The highest BCUT2D eigenvalue weighted by molar-refractivity contribution is 5.84. The molecule has 0 saturated heterocycles. The van der Waals surface area contributed by atoms with Crippen LogP contribution in [0.25, 0.3) is 0 Å². The molecule has 1 unspecified atom stereocenters. The normalized spacial score (nSPS) is 18.4. The zero-order valence-electron chi connectivity index (χ0n) is 18.1. The number of esters is 2. The summed E-state index contributed by atoms with van der Waals surface area (Å²) >= 11 is 0. The summed E-state index contributed by atoms with van der Waals surface area (Å²) < 4.78 is 11.3. The molecule has 4 heteroatoms. The van der Waals surface area contributed by atoms with E-state index in [0.717, 1.165) is 32.1 Å². The van der Waals surface area contributed by atoms with Crippen LogP contribution >= 0.6 is 0 Å². The van der Waals surface area contributed by atoms with E-state index in [9.17, 15) is 9.59 Å². The molecule has 0 spiro atoms. The molecular formula is C22H40O4. The molecule has 0 aliphatic heterocycles. The third-order valence-electron chi connectivity index (χ3n) is 5.00. The molecule has 1 aliphatic rings. The molecule has 0 N–H and O–H groups in total. The van der Waals surface area contributed by atoms with E-state index in [-0.39, 0.29) is 35.1 Å². The zero-order valence-corrected chi connectivity index (χ0v) is 18.1. The van der Waals surface area contributed by atoms with E-state index in [0.29, 0.717) is 19.6 Å². The Morgan fingerprint density at radius 2 is 1.38 bits per heavy atom. The van der Waals surface area contributed by atoms with Crippen LogP contribution in [-0.2, 0) is 19.1 Å². The van der Waals surface area contributed by atoms with Crippen molar-refractivity contribution < 1.29 is 19.1 Å². The van der Waals surface area contributed by atoms with E-state index in [1.165, 1.54) is 0 Å². The van der Waals surface area contributed by atoms with Gasteiger partial charge in [-0.25, -0.2) is 0 Å². The number of hydrogen-bond donors (Lipinski definition) is 0. The van der Waals surface area contributed by atoms with Crippen molar-refractivity contribution in [2.45, 2.75) is 93.4 Å². The fraction of sp³-hybridized carbons (Fsp3) is 0.909. The summed E-state index contributed by atoms with van der Waals surface area (Å²) in [5.74, 6) is -0.251. The minimum Gasteiger partial charge on any atom is -0.465 e. The van der Waals surface area contributed by atoms with Crippen LogP contribution in [-0.4, -0.2) is 25.2 Å². The van der Waals surface area contributed by atoms with Gasteiger partial charge in [-0.15, -0.1) is 0 Å². The van der Waals surface area contributed by atoms with Crippen molar-refractivity contribution in [3.05, 3.63) is 0 Å². The van der Waals surface area contributed by atoms with E-state index < -0.39 is 5.41 Å². The summed E-state index contributed by atoms with van der Waals surface area (Å²) in [7, 11) is 0. The Morgan fingerprint density at radius 3 is 1.85 bits per heavy atom. The molecule has 0 aromatic heterocycles. The van der Waals surface area contributed by atoms with Gasteiger partial charge in [0.1, 0.15) is 0 Å². The summed E-state index contributed by atoms with van der Waals surface area (Å²) in [6.07, 6.45) is 5.93. The average Bonchev–Trinajstić information content (AvgIpc) is 3.03. The van der Waals surface area contributed by atoms with Crippen molar-refractivity contribution in [2.75, 3.05) is 13.2 Å². The second kappa shape index (κ2) is 9.23. The lowest BCUT2D eigenvalue weighted by Crippen LogP contribution is -2.42. The van der Waals surface area contributed by atoms with Gasteiger partial charge in [-0.2, -0.15) is 0 Å². The summed E-state index contributed by atoms with van der Waals surface area (Å²) in [6, 6.07) is 0. The largest absolute Gasteiger partial charge is 0.465 e. The summed E-state index contributed by atoms with van der Waals surface area (Å²) in [4.78, 5) is 25.8. The molecule has 0 bridgehead atoms. The number of rotatable bonds is 8. The molecule has 1 atom stereocenters. The highest BCUT2D eigenvalue weighted by Gasteiger charge is 2.49. The van der Waals surface area contributed by atoms with Crippen LogP contribution in [0, 0.1) is 22.2 Å².